The van der Waals surface area contributed by atoms with Crippen LogP contribution in [0.5, 0.6) is 0 Å². The number of carbonyl (C=O) groups is 1. The van der Waals surface area contributed by atoms with Crippen LogP contribution in [0.1, 0.15) is 22.5 Å². The number of aryl methyl sites for hydroxylation is 3. The molecule has 0 fully saturated rings. The molecule has 2 heterocycles. The third-order valence-electron chi connectivity index (χ3n) is 4.02. The van der Waals surface area contributed by atoms with Crippen LogP contribution in [-0.2, 0) is 17.5 Å². The maximum absolute atomic E-state index is 13.3. The highest BCUT2D eigenvalue weighted by Crippen LogP contribution is 2.36. The Morgan fingerprint density at radius 1 is 1.19 bits per heavy atom. The first-order valence-electron chi connectivity index (χ1n) is 7.94. The van der Waals surface area contributed by atoms with Crippen molar-refractivity contribution >= 4 is 22.6 Å². The standard InChI is InChI=1S/C18H17F3N4O/c1-10-6-4-5-7-14(10)23-15(26)9-25-17-16(12(3)24-25)13(18(19,20)21)8-11(2)22-17/h4-8H,9H2,1-3H3,(H,23,26). The molecule has 0 saturated heterocycles. The van der Waals surface area contributed by atoms with Gasteiger partial charge in [0, 0.05) is 11.4 Å². The van der Waals surface area contributed by atoms with E-state index in [2.05, 4.69) is 15.4 Å². The van der Waals surface area contributed by atoms with Gasteiger partial charge in [-0.1, -0.05) is 18.2 Å². The van der Waals surface area contributed by atoms with Crippen molar-refractivity contribution in [3.8, 4) is 0 Å². The van der Waals surface area contributed by atoms with E-state index in [1.165, 1.54) is 18.5 Å². The minimum atomic E-state index is -4.52. The second-order valence-electron chi connectivity index (χ2n) is 6.11. The van der Waals surface area contributed by atoms with Crippen LogP contribution in [0, 0.1) is 20.8 Å². The van der Waals surface area contributed by atoms with Crippen molar-refractivity contribution in [2.24, 2.45) is 0 Å². The van der Waals surface area contributed by atoms with Crippen molar-refractivity contribution in [2.45, 2.75) is 33.5 Å². The predicted octanol–water partition coefficient (Wildman–Crippen LogP) is 4.01. The predicted molar refractivity (Wildman–Crippen MR) is 91.8 cm³/mol. The van der Waals surface area contributed by atoms with Gasteiger partial charge in [-0.25, -0.2) is 9.67 Å². The summed E-state index contributed by atoms with van der Waals surface area (Å²) < 4.78 is 41.2. The number of halogens is 3. The van der Waals surface area contributed by atoms with Gasteiger partial charge >= 0.3 is 6.18 Å². The average Bonchev–Trinajstić information content (AvgIpc) is 2.83. The normalized spacial score (nSPS) is 11.8. The molecule has 0 atom stereocenters. The number of hydrogen-bond donors (Lipinski definition) is 1. The van der Waals surface area contributed by atoms with E-state index in [0.717, 1.165) is 11.6 Å². The lowest BCUT2D eigenvalue weighted by molar-refractivity contribution is -0.136. The molecular formula is C18H17F3N4O. The number of rotatable bonds is 3. The van der Waals surface area contributed by atoms with Gasteiger partial charge in [-0.05, 0) is 38.5 Å². The van der Waals surface area contributed by atoms with Gasteiger partial charge in [0.25, 0.3) is 0 Å². The van der Waals surface area contributed by atoms with Crippen LogP contribution in [-0.4, -0.2) is 20.7 Å². The van der Waals surface area contributed by atoms with Crippen LogP contribution in [0.15, 0.2) is 30.3 Å². The largest absolute Gasteiger partial charge is 0.417 e. The fourth-order valence-corrected chi connectivity index (χ4v) is 2.85. The number of amides is 1. The summed E-state index contributed by atoms with van der Waals surface area (Å²) in [5.41, 5.74) is 1.19. The summed E-state index contributed by atoms with van der Waals surface area (Å²) in [6, 6.07) is 8.24. The van der Waals surface area contributed by atoms with E-state index in [1.807, 2.05) is 19.1 Å². The van der Waals surface area contributed by atoms with E-state index in [4.69, 9.17) is 0 Å². The van der Waals surface area contributed by atoms with Gasteiger partial charge in [-0.2, -0.15) is 18.3 Å². The summed E-state index contributed by atoms with van der Waals surface area (Å²) in [7, 11) is 0. The molecule has 1 amide bonds. The van der Waals surface area contributed by atoms with Crippen LogP contribution in [0.3, 0.4) is 0 Å². The fourth-order valence-electron chi connectivity index (χ4n) is 2.85. The number of benzene rings is 1. The quantitative estimate of drug-likeness (QED) is 0.766. The number of nitrogens with zero attached hydrogens (tertiary/aromatic N) is 3. The molecule has 136 valence electrons. The van der Waals surface area contributed by atoms with Crippen LogP contribution in [0.25, 0.3) is 11.0 Å². The van der Waals surface area contributed by atoms with Gasteiger partial charge in [0.15, 0.2) is 5.65 Å². The van der Waals surface area contributed by atoms with E-state index in [9.17, 15) is 18.0 Å². The van der Waals surface area contributed by atoms with E-state index >= 15 is 0 Å². The molecule has 5 nitrogen and oxygen atoms in total. The van der Waals surface area contributed by atoms with Gasteiger partial charge in [0.1, 0.15) is 6.54 Å². The first-order valence-corrected chi connectivity index (χ1v) is 7.94. The van der Waals surface area contributed by atoms with Crippen LogP contribution in [0.4, 0.5) is 18.9 Å². The Morgan fingerprint density at radius 3 is 2.54 bits per heavy atom. The molecule has 0 aliphatic carbocycles. The highest BCUT2D eigenvalue weighted by atomic mass is 19.4. The van der Waals surface area contributed by atoms with Crippen molar-refractivity contribution < 1.29 is 18.0 Å². The Hall–Kier alpha value is -2.90. The number of fused-ring (bicyclic) bond motifs is 1. The van der Waals surface area contributed by atoms with Crippen molar-refractivity contribution in [1.29, 1.82) is 0 Å². The number of pyridine rings is 1. The van der Waals surface area contributed by atoms with Crippen LogP contribution >= 0.6 is 0 Å². The lowest BCUT2D eigenvalue weighted by Gasteiger charge is -2.10. The van der Waals surface area contributed by atoms with E-state index < -0.39 is 11.7 Å². The second kappa shape index (κ2) is 6.44. The Balaban J connectivity index is 1.98. The number of anilines is 1. The van der Waals surface area contributed by atoms with E-state index in [-0.39, 0.29) is 34.9 Å². The zero-order valence-corrected chi connectivity index (χ0v) is 14.5. The number of carbonyl (C=O) groups excluding carboxylic acids is 1. The monoisotopic (exact) mass is 362 g/mol. The lowest BCUT2D eigenvalue weighted by Crippen LogP contribution is -2.20. The lowest BCUT2D eigenvalue weighted by atomic mass is 10.1. The third-order valence-corrected chi connectivity index (χ3v) is 4.02. The summed E-state index contributed by atoms with van der Waals surface area (Å²) in [4.78, 5) is 16.5. The Labute approximate surface area is 147 Å². The van der Waals surface area contributed by atoms with Gasteiger partial charge in [0.2, 0.25) is 5.91 Å². The van der Waals surface area contributed by atoms with E-state index in [1.54, 1.807) is 12.1 Å². The smallest absolute Gasteiger partial charge is 0.324 e. The molecule has 2 aromatic heterocycles. The van der Waals surface area contributed by atoms with Crippen LogP contribution in [0.2, 0.25) is 0 Å². The maximum atomic E-state index is 13.3. The van der Waals surface area contributed by atoms with Crippen molar-refractivity contribution in [2.75, 3.05) is 5.32 Å². The SMILES string of the molecule is Cc1cc(C(F)(F)F)c2c(C)nn(CC(=O)Nc3ccccc3C)c2n1. The summed E-state index contributed by atoms with van der Waals surface area (Å²) >= 11 is 0. The molecule has 0 bridgehead atoms. The summed E-state index contributed by atoms with van der Waals surface area (Å²) in [6.45, 7) is 4.58. The molecule has 0 aliphatic heterocycles. The van der Waals surface area contributed by atoms with E-state index in [0.29, 0.717) is 5.69 Å². The fraction of sp³-hybridized carbons (Fsp3) is 0.278. The third kappa shape index (κ3) is 3.40. The zero-order chi connectivity index (χ0) is 19.1. The molecule has 0 aliphatic rings. The molecule has 3 aromatic rings. The summed E-state index contributed by atoms with van der Waals surface area (Å²) in [5.74, 6) is -0.388. The van der Waals surface area contributed by atoms with Gasteiger partial charge in [-0.3, -0.25) is 4.79 Å². The van der Waals surface area contributed by atoms with Crippen LogP contribution < -0.4 is 5.32 Å². The van der Waals surface area contributed by atoms with Gasteiger partial charge in [0.05, 0.1) is 16.6 Å². The van der Waals surface area contributed by atoms with Crippen molar-refractivity contribution in [3.63, 3.8) is 0 Å². The number of alkyl halides is 3. The number of para-hydroxylation sites is 1. The highest BCUT2D eigenvalue weighted by molar-refractivity contribution is 5.92. The minimum Gasteiger partial charge on any atom is -0.324 e. The average molecular weight is 362 g/mol. The molecular weight excluding hydrogens is 345 g/mol. The topological polar surface area (TPSA) is 59.8 Å². The first kappa shape index (κ1) is 17.9. The summed E-state index contributed by atoms with van der Waals surface area (Å²) in [5, 5.41) is 6.77. The Kier molecular flexibility index (Phi) is 4.43. The van der Waals surface area contributed by atoms with Gasteiger partial charge < -0.3 is 5.32 Å². The summed E-state index contributed by atoms with van der Waals surface area (Å²) in [6.07, 6.45) is -4.52. The molecule has 8 heteroatoms. The Morgan fingerprint density at radius 2 is 1.88 bits per heavy atom. The molecule has 26 heavy (non-hydrogen) atoms. The van der Waals surface area contributed by atoms with Gasteiger partial charge in [-0.15, -0.1) is 0 Å². The Bertz CT molecular complexity index is 992. The second-order valence-corrected chi connectivity index (χ2v) is 6.11. The number of nitrogens with one attached hydrogen (secondary N) is 1. The number of aromatic nitrogens is 3. The number of hydrogen-bond acceptors (Lipinski definition) is 3. The minimum absolute atomic E-state index is 0.0507. The molecule has 3 rings (SSSR count). The van der Waals surface area contributed by atoms with Crippen molar-refractivity contribution in [3.05, 3.63) is 52.8 Å². The molecule has 0 radical (unpaired) electrons. The maximum Gasteiger partial charge on any atom is 0.417 e. The highest BCUT2D eigenvalue weighted by Gasteiger charge is 2.35. The first-order chi connectivity index (χ1) is 12.2. The zero-order valence-electron chi connectivity index (χ0n) is 14.5. The van der Waals surface area contributed by atoms with Crippen molar-refractivity contribution in [1.82, 2.24) is 14.8 Å². The molecule has 1 aromatic carbocycles. The molecule has 0 unspecified atom stereocenters. The molecule has 1 N–H and O–H groups in total. The molecule has 0 spiro atoms. The molecule has 0 saturated carbocycles.